The topological polar surface area (TPSA) is 52.7 Å². The Morgan fingerprint density at radius 1 is 1.05 bits per heavy atom. The summed E-state index contributed by atoms with van der Waals surface area (Å²) < 4.78 is 0. The third-order valence-corrected chi connectivity index (χ3v) is 3.85. The molecule has 0 spiro atoms. The second-order valence-corrected chi connectivity index (χ2v) is 5.73. The Kier molecular flexibility index (Phi) is 3.31. The number of carbonyl (C=O) groups excluding carboxylic acids is 2. The van der Waals surface area contributed by atoms with Crippen LogP contribution in [0, 0.1) is 0 Å². The van der Waals surface area contributed by atoms with Crippen LogP contribution >= 0.6 is 0 Å². The average Bonchev–Trinajstić information content (AvgIpc) is 2.64. The van der Waals surface area contributed by atoms with Crippen LogP contribution in [0.25, 0.3) is 0 Å². The number of piperazine rings is 1. The minimum Gasteiger partial charge on any atom is -0.309 e. The molecule has 1 N–H and O–H groups in total. The van der Waals surface area contributed by atoms with Crippen molar-refractivity contribution >= 4 is 11.8 Å². The predicted octanol–water partition coefficient (Wildman–Crippen LogP) is 0.922. The quantitative estimate of drug-likeness (QED) is 0.814. The Labute approximate surface area is 118 Å². The summed E-state index contributed by atoms with van der Waals surface area (Å²) in [4.78, 5) is 28.1. The molecule has 2 atom stereocenters. The summed E-state index contributed by atoms with van der Waals surface area (Å²) in [5, 5.41) is 3.44. The van der Waals surface area contributed by atoms with Gasteiger partial charge in [0, 0.05) is 25.2 Å². The van der Waals surface area contributed by atoms with E-state index >= 15 is 0 Å². The number of hydrogen-bond donors (Lipinski definition) is 1. The Bertz CT molecular complexity index is 513. The van der Waals surface area contributed by atoms with Crippen molar-refractivity contribution < 1.29 is 9.59 Å². The van der Waals surface area contributed by atoms with Gasteiger partial charge in [-0.2, -0.15) is 0 Å². The maximum Gasteiger partial charge on any atom is 0.262 e. The Hall–Kier alpha value is -1.72. The van der Waals surface area contributed by atoms with Crippen LogP contribution in [0.1, 0.15) is 34.6 Å². The average molecular weight is 273 g/mol. The molecule has 5 nitrogen and oxygen atoms in total. The first-order valence-electron chi connectivity index (χ1n) is 7.00. The molecule has 2 amide bonds. The summed E-state index contributed by atoms with van der Waals surface area (Å²) >= 11 is 0. The maximum atomic E-state index is 12.3. The zero-order chi connectivity index (χ0) is 14.3. The first kappa shape index (κ1) is 13.3. The van der Waals surface area contributed by atoms with Crippen molar-refractivity contribution in [2.24, 2.45) is 0 Å². The lowest BCUT2D eigenvalue weighted by atomic mass is 10.1. The molecule has 2 heterocycles. The van der Waals surface area contributed by atoms with Crippen molar-refractivity contribution in [3.8, 4) is 0 Å². The highest BCUT2D eigenvalue weighted by atomic mass is 16.2. The Morgan fingerprint density at radius 2 is 1.55 bits per heavy atom. The smallest absolute Gasteiger partial charge is 0.262 e. The van der Waals surface area contributed by atoms with E-state index in [4.69, 9.17) is 0 Å². The van der Waals surface area contributed by atoms with E-state index in [2.05, 4.69) is 24.1 Å². The lowest BCUT2D eigenvalue weighted by Crippen LogP contribution is -2.57. The van der Waals surface area contributed by atoms with Gasteiger partial charge < -0.3 is 5.32 Å². The fraction of sp³-hybridized carbons (Fsp3) is 0.467. The first-order valence-corrected chi connectivity index (χ1v) is 7.00. The highest BCUT2D eigenvalue weighted by Gasteiger charge is 2.36. The molecule has 0 unspecified atom stereocenters. The van der Waals surface area contributed by atoms with Crippen LogP contribution in [0.4, 0.5) is 0 Å². The van der Waals surface area contributed by atoms with Gasteiger partial charge in [0.25, 0.3) is 11.8 Å². The van der Waals surface area contributed by atoms with E-state index in [0.717, 1.165) is 13.1 Å². The summed E-state index contributed by atoms with van der Waals surface area (Å²) in [5.74, 6) is -0.353. The molecule has 1 saturated heterocycles. The lowest BCUT2D eigenvalue weighted by Gasteiger charge is -2.37. The van der Waals surface area contributed by atoms with E-state index in [-0.39, 0.29) is 11.8 Å². The van der Waals surface area contributed by atoms with Gasteiger partial charge in [0.1, 0.15) is 0 Å². The summed E-state index contributed by atoms with van der Waals surface area (Å²) in [5.41, 5.74) is 1.04. The maximum absolute atomic E-state index is 12.3. The van der Waals surface area contributed by atoms with E-state index in [1.54, 1.807) is 24.3 Å². The van der Waals surface area contributed by atoms with Gasteiger partial charge in [-0.3, -0.25) is 19.4 Å². The highest BCUT2D eigenvalue weighted by molar-refractivity contribution is 6.21. The SMILES string of the molecule is C[C@@H]1CN(CN2C(=O)c3ccccc3C2=O)C[C@H](C)N1. The lowest BCUT2D eigenvalue weighted by molar-refractivity contribution is 0.0481. The first-order chi connectivity index (χ1) is 9.56. The molecule has 0 aromatic heterocycles. The van der Waals surface area contributed by atoms with Gasteiger partial charge in [-0.15, -0.1) is 0 Å². The number of rotatable bonds is 2. The molecule has 5 heteroatoms. The minimum absolute atomic E-state index is 0.176. The van der Waals surface area contributed by atoms with Gasteiger partial charge in [0.15, 0.2) is 0 Å². The summed E-state index contributed by atoms with van der Waals surface area (Å²) in [6, 6.07) is 7.77. The number of nitrogens with zero attached hydrogens (tertiary/aromatic N) is 2. The van der Waals surface area contributed by atoms with Crippen LogP contribution in [-0.2, 0) is 0 Å². The molecular formula is C15H19N3O2. The zero-order valence-electron chi connectivity index (χ0n) is 11.8. The van der Waals surface area contributed by atoms with E-state index in [1.807, 2.05) is 0 Å². The third kappa shape index (κ3) is 2.23. The molecule has 1 aromatic rings. The normalized spacial score (nSPS) is 27.0. The van der Waals surface area contributed by atoms with Crippen LogP contribution in [0.3, 0.4) is 0 Å². The van der Waals surface area contributed by atoms with Crippen LogP contribution in [-0.4, -0.2) is 53.5 Å². The van der Waals surface area contributed by atoms with Crippen molar-refractivity contribution in [1.29, 1.82) is 0 Å². The number of amides is 2. The molecule has 1 aromatic carbocycles. The number of fused-ring (bicyclic) bond motifs is 1. The fourth-order valence-corrected chi connectivity index (χ4v) is 3.12. The van der Waals surface area contributed by atoms with Crippen LogP contribution in [0.2, 0.25) is 0 Å². The minimum atomic E-state index is -0.176. The number of nitrogens with one attached hydrogen (secondary N) is 1. The third-order valence-electron chi connectivity index (χ3n) is 3.85. The van der Waals surface area contributed by atoms with Gasteiger partial charge in [-0.05, 0) is 26.0 Å². The van der Waals surface area contributed by atoms with Crippen LogP contribution < -0.4 is 5.32 Å². The van der Waals surface area contributed by atoms with Crippen molar-refractivity contribution in [3.63, 3.8) is 0 Å². The summed E-state index contributed by atoms with van der Waals surface area (Å²) in [6.07, 6.45) is 0. The van der Waals surface area contributed by atoms with E-state index in [9.17, 15) is 9.59 Å². The molecule has 2 aliphatic rings. The van der Waals surface area contributed by atoms with Crippen molar-refractivity contribution in [3.05, 3.63) is 35.4 Å². The molecule has 0 saturated carbocycles. The zero-order valence-corrected chi connectivity index (χ0v) is 11.8. The largest absolute Gasteiger partial charge is 0.309 e. The Morgan fingerprint density at radius 3 is 2.05 bits per heavy atom. The van der Waals surface area contributed by atoms with E-state index in [1.165, 1.54) is 4.90 Å². The van der Waals surface area contributed by atoms with Crippen LogP contribution in [0.15, 0.2) is 24.3 Å². The van der Waals surface area contributed by atoms with E-state index in [0.29, 0.717) is 29.9 Å². The molecule has 2 aliphatic heterocycles. The van der Waals surface area contributed by atoms with Crippen molar-refractivity contribution in [2.45, 2.75) is 25.9 Å². The summed E-state index contributed by atoms with van der Waals surface area (Å²) in [6.45, 7) is 6.30. The van der Waals surface area contributed by atoms with Crippen LogP contribution in [0.5, 0.6) is 0 Å². The molecule has 106 valence electrons. The summed E-state index contributed by atoms with van der Waals surface area (Å²) in [7, 11) is 0. The van der Waals surface area contributed by atoms with Gasteiger partial charge in [-0.1, -0.05) is 12.1 Å². The van der Waals surface area contributed by atoms with Crippen molar-refractivity contribution in [2.75, 3.05) is 19.8 Å². The van der Waals surface area contributed by atoms with E-state index < -0.39 is 0 Å². The number of imide groups is 1. The van der Waals surface area contributed by atoms with Crippen molar-refractivity contribution in [1.82, 2.24) is 15.1 Å². The number of carbonyl (C=O) groups is 2. The molecule has 20 heavy (non-hydrogen) atoms. The molecule has 1 fully saturated rings. The van der Waals surface area contributed by atoms with Gasteiger partial charge in [0.05, 0.1) is 17.8 Å². The van der Waals surface area contributed by atoms with Gasteiger partial charge in [-0.25, -0.2) is 0 Å². The second-order valence-electron chi connectivity index (χ2n) is 5.73. The standard InChI is InChI=1S/C15H19N3O2/c1-10-7-17(8-11(2)16-10)9-18-14(19)12-5-3-4-6-13(12)15(18)20/h3-6,10-11,16H,7-9H2,1-2H3/t10-,11+. The molecule has 0 aliphatic carbocycles. The number of benzene rings is 1. The monoisotopic (exact) mass is 273 g/mol. The van der Waals surface area contributed by atoms with Gasteiger partial charge >= 0.3 is 0 Å². The molecule has 0 bridgehead atoms. The fourth-order valence-electron chi connectivity index (χ4n) is 3.12. The predicted molar refractivity (Wildman–Crippen MR) is 75.4 cm³/mol. The second kappa shape index (κ2) is 5.00. The molecular weight excluding hydrogens is 254 g/mol. The highest BCUT2D eigenvalue weighted by Crippen LogP contribution is 2.22. The molecule has 3 rings (SSSR count). The number of hydrogen-bond acceptors (Lipinski definition) is 4. The van der Waals surface area contributed by atoms with Gasteiger partial charge in [0.2, 0.25) is 0 Å². The molecule has 0 radical (unpaired) electrons. The Balaban J connectivity index is 1.76.